The van der Waals surface area contributed by atoms with Gasteiger partial charge in [-0.25, -0.2) is 8.42 Å². The fraction of sp³-hybridized carbons (Fsp3) is 0.533. The third-order valence-electron chi connectivity index (χ3n) is 4.30. The van der Waals surface area contributed by atoms with Gasteiger partial charge in [-0.3, -0.25) is 4.79 Å². The molecule has 0 aliphatic carbocycles. The topological polar surface area (TPSA) is 79.0 Å². The molecule has 0 spiro atoms. The molecule has 1 aromatic rings. The second kappa shape index (κ2) is 6.10. The number of amides is 1. The largest absolute Gasteiger partial charge is 0.479 e. The van der Waals surface area contributed by atoms with E-state index in [1.54, 1.807) is 13.0 Å². The van der Waals surface area contributed by atoms with Crippen molar-refractivity contribution in [1.29, 1.82) is 0 Å². The lowest BCUT2D eigenvalue weighted by Gasteiger charge is -2.33. The maximum absolute atomic E-state index is 12.8. The van der Waals surface area contributed by atoms with Crippen LogP contribution in [-0.2, 0) is 14.8 Å². The predicted octanol–water partition coefficient (Wildman–Crippen LogP) is 0.732. The first-order valence-electron chi connectivity index (χ1n) is 7.76. The molecule has 1 amide bonds. The van der Waals surface area contributed by atoms with Gasteiger partial charge in [0, 0.05) is 26.2 Å². The Bertz CT molecular complexity index is 711. The van der Waals surface area contributed by atoms with E-state index in [1.165, 1.54) is 16.4 Å². The molecule has 1 N–H and O–H groups in total. The number of sulfonamides is 1. The summed E-state index contributed by atoms with van der Waals surface area (Å²) >= 11 is 0. The van der Waals surface area contributed by atoms with Crippen LogP contribution in [0.4, 0.5) is 5.69 Å². The zero-order chi connectivity index (χ0) is 16.6. The molecular weight excluding hydrogens is 318 g/mol. The van der Waals surface area contributed by atoms with E-state index in [9.17, 15) is 13.2 Å². The number of likely N-dealkylation sites (N-methyl/N-ethyl adjacent to an activating group) is 1. The predicted molar refractivity (Wildman–Crippen MR) is 86.0 cm³/mol. The summed E-state index contributed by atoms with van der Waals surface area (Å²) in [5.74, 6) is 0.218. The van der Waals surface area contributed by atoms with Crippen molar-refractivity contribution in [2.75, 3.05) is 38.0 Å². The molecule has 7 nitrogen and oxygen atoms in total. The maximum atomic E-state index is 12.8. The van der Waals surface area contributed by atoms with Crippen molar-refractivity contribution in [3.8, 4) is 5.75 Å². The minimum absolute atomic E-state index is 0.180. The SMILES string of the molecule is CCN1CCN(S(=O)(=O)c2ccc3c(c2)NC(=O)[C@@H](C)O3)CC1. The first-order valence-corrected chi connectivity index (χ1v) is 9.20. The standard InChI is InChI=1S/C15H21N3O4S/c1-3-17-6-8-18(9-7-17)23(20,21)12-4-5-14-13(10-12)16-15(19)11(2)22-14/h4-5,10-11H,3,6-9H2,1-2H3,(H,16,19)/t11-/m1/s1. The number of ether oxygens (including phenoxy) is 1. The average molecular weight is 339 g/mol. The second-order valence-electron chi connectivity index (χ2n) is 5.75. The van der Waals surface area contributed by atoms with E-state index in [0.29, 0.717) is 24.5 Å². The highest BCUT2D eigenvalue weighted by Crippen LogP contribution is 2.32. The molecular formula is C15H21N3O4S. The number of fused-ring (bicyclic) bond motifs is 1. The average Bonchev–Trinajstić information content (AvgIpc) is 2.55. The van der Waals surface area contributed by atoms with Gasteiger partial charge >= 0.3 is 0 Å². The van der Waals surface area contributed by atoms with Crippen LogP contribution >= 0.6 is 0 Å². The maximum Gasteiger partial charge on any atom is 0.265 e. The van der Waals surface area contributed by atoms with Crippen LogP contribution in [0.2, 0.25) is 0 Å². The van der Waals surface area contributed by atoms with Crippen molar-refractivity contribution < 1.29 is 17.9 Å². The van der Waals surface area contributed by atoms with Gasteiger partial charge in [-0.15, -0.1) is 0 Å². The summed E-state index contributed by atoms with van der Waals surface area (Å²) in [4.78, 5) is 14.1. The summed E-state index contributed by atoms with van der Waals surface area (Å²) < 4.78 is 32.5. The van der Waals surface area contributed by atoms with Gasteiger partial charge in [-0.1, -0.05) is 6.92 Å². The number of nitrogens with one attached hydrogen (secondary N) is 1. The fourth-order valence-electron chi connectivity index (χ4n) is 2.78. The number of carbonyl (C=O) groups excluding carboxylic acids is 1. The van der Waals surface area contributed by atoms with Crippen molar-refractivity contribution >= 4 is 21.6 Å². The number of nitrogens with zero attached hydrogens (tertiary/aromatic N) is 2. The summed E-state index contributed by atoms with van der Waals surface area (Å²) in [6, 6.07) is 4.60. The molecule has 0 bridgehead atoms. The van der Waals surface area contributed by atoms with Crippen molar-refractivity contribution in [2.24, 2.45) is 0 Å². The molecule has 23 heavy (non-hydrogen) atoms. The Labute approximate surface area is 136 Å². The van der Waals surface area contributed by atoms with Crippen molar-refractivity contribution in [2.45, 2.75) is 24.8 Å². The molecule has 1 saturated heterocycles. The highest BCUT2D eigenvalue weighted by atomic mass is 32.2. The Hall–Kier alpha value is -1.64. The number of hydrogen-bond donors (Lipinski definition) is 1. The lowest BCUT2D eigenvalue weighted by molar-refractivity contribution is -0.122. The summed E-state index contributed by atoms with van der Waals surface area (Å²) in [5.41, 5.74) is 0.404. The van der Waals surface area contributed by atoms with Crippen molar-refractivity contribution in [3.63, 3.8) is 0 Å². The molecule has 0 saturated carbocycles. The van der Waals surface area contributed by atoms with Crippen LogP contribution in [0.15, 0.2) is 23.1 Å². The molecule has 8 heteroatoms. The highest BCUT2D eigenvalue weighted by Gasteiger charge is 2.30. The fourth-order valence-corrected chi connectivity index (χ4v) is 4.23. The molecule has 2 heterocycles. The number of rotatable bonds is 3. The zero-order valence-electron chi connectivity index (χ0n) is 13.3. The minimum Gasteiger partial charge on any atom is -0.479 e. The Morgan fingerprint density at radius 3 is 2.61 bits per heavy atom. The Morgan fingerprint density at radius 2 is 1.96 bits per heavy atom. The summed E-state index contributed by atoms with van der Waals surface area (Å²) in [5, 5.41) is 2.69. The summed E-state index contributed by atoms with van der Waals surface area (Å²) in [6.07, 6.45) is -0.577. The Kier molecular flexibility index (Phi) is 4.31. The molecule has 3 rings (SSSR count). The first-order chi connectivity index (χ1) is 10.9. The highest BCUT2D eigenvalue weighted by molar-refractivity contribution is 7.89. The van der Waals surface area contributed by atoms with E-state index in [1.807, 2.05) is 0 Å². The number of hydrogen-bond acceptors (Lipinski definition) is 5. The Balaban J connectivity index is 1.84. The van der Waals surface area contributed by atoms with E-state index < -0.39 is 16.1 Å². The van der Waals surface area contributed by atoms with Gasteiger partial charge in [0.05, 0.1) is 10.6 Å². The number of piperazine rings is 1. The lowest BCUT2D eigenvalue weighted by Crippen LogP contribution is -2.48. The van der Waals surface area contributed by atoms with Gasteiger partial charge in [0.25, 0.3) is 5.91 Å². The van der Waals surface area contributed by atoms with Crippen LogP contribution in [0.3, 0.4) is 0 Å². The normalized spacial score (nSPS) is 23.0. The third kappa shape index (κ3) is 3.06. The second-order valence-corrected chi connectivity index (χ2v) is 7.68. The van der Waals surface area contributed by atoms with Crippen molar-refractivity contribution in [3.05, 3.63) is 18.2 Å². The van der Waals surface area contributed by atoms with Crippen LogP contribution in [0.5, 0.6) is 5.75 Å². The molecule has 0 radical (unpaired) electrons. The molecule has 2 aliphatic heterocycles. The van der Waals surface area contributed by atoms with Gasteiger partial charge in [0.1, 0.15) is 5.75 Å². The van der Waals surface area contributed by atoms with Gasteiger partial charge in [-0.05, 0) is 31.7 Å². The number of benzene rings is 1. The van der Waals surface area contributed by atoms with E-state index >= 15 is 0 Å². The monoisotopic (exact) mass is 339 g/mol. The van der Waals surface area contributed by atoms with Crippen LogP contribution < -0.4 is 10.1 Å². The smallest absolute Gasteiger partial charge is 0.265 e. The van der Waals surface area contributed by atoms with E-state index in [-0.39, 0.29) is 10.8 Å². The van der Waals surface area contributed by atoms with Crippen LogP contribution in [-0.4, -0.2) is 62.4 Å². The molecule has 0 unspecified atom stereocenters. The zero-order valence-corrected chi connectivity index (χ0v) is 14.1. The van der Waals surface area contributed by atoms with E-state index in [2.05, 4.69) is 17.1 Å². The van der Waals surface area contributed by atoms with Gasteiger partial charge < -0.3 is 15.0 Å². The van der Waals surface area contributed by atoms with E-state index in [4.69, 9.17) is 4.74 Å². The quantitative estimate of drug-likeness (QED) is 0.878. The molecule has 0 aromatic heterocycles. The molecule has 126 valence electrons. The van der Waals surface area contributed by atoms with Gasteiger partial charge in [-0.2, -0.15) is 4.31 Å². The van der Waals surface area contributed by atoms with Crippen LogP contribution in [0.25, 0.3) is 0 Å². The van der Waals surface area contributed by atoms with Gasteiger partial charge in [0.15, 0.2) is 6.10 Å². The van der Waals surface area contributed by atoms with E-state index in [0.717, 1.165) is 19.6 Å². The van der Waals surface area contributed by atoms with Crippen LogP contribution in [0, 0.1) is 0 Å². The number of anilines is 1. The summed E-state index contributed by atoms with van der Waals surface area (Å²) in [6.45, 7) is 7.07. The first kappa shape index (κ1) is 16.2. The molecule has 1 atom stereocenters. The number of carbonyl (C=O) groups is 1. The van der Waals surface area contributed by atoms with Crippen LogP contribution in [0.1, 0.15) is 13.8 Å². The lowest BCUT2D eigenvalue weighted by atomic mass is 10.2. The third-order valence-corrected chi connectivity index (χ3v) is 6.19. The Morgan fingerprint density at radius 1 is 1.26 bits per heavy atom. The minimum atomic E-state index is -3.56. The molecule has 1 fully saturated rings. The molecule has 1 aromatic carbocycles. The summed E-state index contributed by atoms with van der Waals surface area (Å²) in [7, 11) is -3.56. The van der Waals surface area contributed by atoms with Crippen molar-refractivity contribution in [1.82, 2.24) is 9.21 Å². The van der Waals surface area contributed by atoms with Gasteiger partial charge in [0.2, 0.25) is 10.0 Å². The molecule has 2 aliphatic rings.